The summed E-state index contributed by atoms with van der Waals surface area (Å²) < 4.78 is 32.4. The molecule has 0 radical (unpaired) electrons. The summed E-state index contributed by atoms with van der Waals surface area (Å²) in [5, 5.41) is 2.82. The van der Waals surface area contributed by atoms with Crippen molar-refractivity contribution in [2.45, 2.75) is 57.3 Å². The van der Waals surface area contributed by atoms with Gasteiger partial charge in [-0.05, 0) is 12.8 Å². The number of rotatable bonds is 5. The van der Waals surface area contributed by atoms with Crippen LogP contribution in [0, 0.1) is 0 Å². The van der Waals surface area contributed by atoms with Crippen LogP contribution in [0.1, 0.15) is 73.2 Å². The Morgan fingerprint density at radius 1 is 1.21 bits per heavy atom. The number of anilines is 1. The van der Waals surface area contributed by atoms with Gasteiger partial charge in [-0.3, -0.25) is 9.78 Å². The standard InChI is InChI=1S/C20H24F2N4O2/c1-12(2)18-24-10-14(11-25-18)19(27)26-17-15(28-3)6-9-23-16(17)13-4-7-20(21,22)8-5-13/h6,9-13H,4-5,7-8H2,1-3H3,(H,26,27). The summed E-state index contributed by atoms with van der Waals surface area (Å²) in [6, 6.07) is 1.63. The Balaban J connectivity index is 1.85. The van der Waals surface area contributed by atoms with E-state index in [-0.39, 0.29) is 24.7 Å². The van der Waals surface area contributed by atoms with Crippen molar-refractivity contribution in [3.63, 3.8) is 0 Å². The normalized spacial score (nSPS) is 16.8. The molecule has 2 aromatic rings. The number of hydrogen-bond donors (Lipinski definition) is 1. The van der Waals surface area contributed by atoms with Crippen LogP contribution in [0.3, 0.4) is 0 Å². The number of pyridine rings is 1. The molecule has 6 nitrogen and oxygen atoms in total. The van der Waals surface area contributed by atoms with E-state index in [1.165, 1.54) is 19.5 Å². The van der Waals surface area contributed by atoms with E-state index in [2.05, 4.69) is 20.3 Å². The van der Waals surface area contributed by atoms with E-state index in [4.69, 9.17) is 4.74 Å². The molecule has 1 N–H and O–H groups in total. The van der Waals surface area contributed by atoms with Gasteiger partial charge in [0.15, 0.2) is 0 Å². The highest BCUT2D eigenvalue weighted by Crippen LogP contribution is 2.43. The lowest BCUT2D eigenvalue weighted by atomic mass is 9.84. The summed E-state index contributed by atoms with van der Waals surface area (Å²) in [4.78, 5) is 25.5. The first kappa shape index (κ1) is 20.1. The van der Waals surface area contributed by atoms with Crippen molar-refractivity contribution >= 4 is 11.6 Å². The van der Waals surface area contributed by atoms with Crippen molar-refractivity contribution in [3.8, 4) is 5.75 Å². The monoisotopic (exact) mass is 390 g/mol. The van der Waals surface area contributed by atoms with Gasteiger partial charge in [-0.2, -0.15) is 0 Å². The van der Waals surface area contributed by atoms with Crippen molar-refractivity contribution in [2.75, 3.05) is 12.4 Å². The molecule has 3 rings (SSSR count). The molecule has 2 aromatic heterocycles. The minimum absolute atomic E-state index is 0.159. The van der Waals surface area contributed by atoms with Gasteiger partial charge in [-0.25, -0.2) is 18.7 Å². The van der Waals surface area contributed by atoms with Crippen molar-refractivity contribution in [2.24, 2.45) is 0 Å². The second-order valence-electron chi connectivity index (χ2n) is 7.34. The van der Waals surface area contributed by atoms with Crippen LogP contribution in [0.5, 0.6) is 5.75 Å². The summed E-state index contributed by atoms with van der Waals surface area (Å²) in [5.74, 6) is -1.94. The van der Waals surface area contributed by atoms with Gasteiger partial charge in [0.1, 0.15) is 17.3 Å². The molecule has 0 spiro atoms. The zero-order chi connectivity index (χ0) is 20.3. The Morgan fingerprint density at radius 3 is 2.43 bits per heavy atom. The maximum Gasteiger partial charge on any atom is 0.258 e. The van der Waals surface area contributed by atoms with Crippen molar-refractivity contribution in [3.05, 3.63) is 41.7 Å². The fourth-order valence-corrected chi connectivity index (χ4v) is 3.32. The van der Waals surface area contributed by atoms with Crippen LogP contribution in [0.25, 0.3) is 0 Å². The third-order valence-corrected chi connectivity index (χ3v) is 4.95. The van der Waals surface area contributed by atoms with Gasteiger partial charge in [0.05, 0.1) is 18.4 Å². The van der Waals surface area contributed by atoms with Crippen molar-refractivity contribution < 1.29 is 18.3 Å². The third kappa shape index (κ3) is 4.43. The molecule has 0 saturated heterocycles. The first-order valence-electron chi connectivity index (χ1n) is 9.34. The number of hydrogen-bond acceptors (Lipinski definition) is 5. The molecule has 0 aromatic carbocycles. The number of alkyl halides is 2. The number of nitrogens with one attached hydrogen (secondary N) is 1. The largest absolute Gasteiger partial charge is 0.494 e. The number of ether oxygens (including phenoxy) is 1. The van der Waals surface area contributed by atoms with E-state index in [0.29, 0.717) is 41.4 Å². The topological polar surface area (TPSA) is 77.0 Å². The summed E-state index contributed by atoms with van der Waals surface area (Å²) in [6.07, 6.45) is 4.76. The molecule has 1 aliphatic rings. The molecule has 0 atom stereocenters. The zero-order valence-electron chi connectivity index (χ0n) is 16.2. The van der Waals surface area contributed by atoms with Gasteiger partial charge in [0.25, 0.3) is 5.91 Å². The molecular formula is C20H24F2N4O2. The minimum Gasteiger partial charge on any atom is -0.494 e. The molecule has 150 valence electrons. The van der Waals surface area contributed by atoms with Crippen molar-refractivity contribution in [1.82, 2.24) is 15.0 Å². The SMILES string of the molecule is COc1ccnc(C2CCC(F)(F)CC2)c1NC(=O)c1cnc(C(C)C)nc1. The van der Waals surface area contributed by atoms with Crippen LogP contribution in [0.15, 0.2) is 24.7 Å². The number of carbonyl (C=O) groups excluding carboxylic acids is 1. The summed E-state index contributed by atoms with van der Waals surface area (Å²) in [5.41, 5.74) is 1.29. The summed E-state index contributed by atoms with van der Waals surface area (Å²) in [7, 11) is 1.49. The molecule has 1 amide bonds. The van der Waals surface area contributed by atoms with Crippen molar-refractivity contribution in [1.29, 1.82) is 0 Å². The van der Waals surface area contributed by atoms with Gasteiger partial charge < -0.3 is 10.1 Å². The molecule has 1 aliphatic carbocycles. The summed E-state index contributed by atoms with van der Waals surface area (Å²) in [6.45, 7) is 3.94. The van der Waals surface area contributed by atoms with E-state index in [0.717, 1.165) is 0 Å². The lowest BCUT2D eigenvalue weighted by Gasteiger charge is -2.29. The highest BCUT2D eigenvalue weighted by atomic mass is 19.3. The predicted octanol–water partition coefficient (Wildman–Crippen LogP) is 4.55. The van der Waals surface area contributed by atoms with Crippen LogP contribution >= 0.6 is 0 Å². The van der Waals surface area contributed by atoms with E-state index in [1.54, 1.807) is 12.3 Å². The quantitative estimate of drug-likeness (QED) is 0.810. The molecule has 8 heteroatoms. The molecule has 1 saturated carbocycles. The Bertz CT molecular complexity index is 831. The number of halogens is 2. The molecule has 1 fully saturated rings. The van der Waals surface area contributed by atoms with E-state index >= 15 is 0 Å². The van der Waals surface area contributed by atoms with Gasteiger partial charge in [0.2, 0.25) is 5.92 Å². The smallest absolute Gasteiger partial charge is 0.258 e. The first-order chi connectivity index (χ1) is 13.3. The highest BCUT2D eigenvalue weighted by molar-refractivity contribution is 6.05. The van der Waals surface area contributed by atoms with Crippen LogP contribution in [0.4, 0.5) is 14.5 Å². The van der Waals surface area contributed by atoms with Gasteiger partial charge in [-0.15, -0.1) is 0 Å². The second kappa shape index (κ2) is 8.16. The van der Waals surface area contributed by atoms with Crippen LogP contribution in [-0.2, 0) is 0 Å². The predicted molar refractivity (Wildman–Crippen MR) is 101 cm³/mol. The average molecular weight is 390 g/mol. The number of amides is 1. The molecule has 0 unspecified atom stereocenters. The average Bonchev–Trinajstić information content (AvgIpc) is 2.68. The fraction of sp³-hybridized carbons (Fsp3) is 0.500. The fourth-order valence-electron chi connectivity index (χ4n) is 3.32. The van der Waals surface area contributed by atoms with Gasteiger partial charge in [-0.1, -0.05) is 13.8 Å². The maximum absolute atomic E-state index is 13.5. The van der Waals surface area contributed by atoms with Crippen LogP contribution in [0.2, 0.25) is 0 Å². The minimum atomic E-state index is -2.63. The molecular weight excluding hydrogens is 366 g/mol. The van der Waals surface area contributed by atoms with E-state index in [9.17, 15) is 13.6 Å². The van der Waals surface area contributed by atoms with E-state index < -0.39 is 11.8 Å². The van der Waals surface area contributed by atoms with Crippen LogP contribution < -0.4 is 10.1 Å². The lowest BCUT2D eigenvalue weighted by Crippen LogP contribution is -2.25. The van der Waals surface area contributed by atoms with Crippen LogP contribution in [-0.4, -0.2) is 33.9 Å². The Morgan fingerprint density at radius 2 is 1.86 bits per heavy atom. The van der Waals surface area contributed by atoms with Gasteiger partial charge >= 0.3 is 0 Å². The number of nitrogens with zero attached hydrogens (tertiary/aromatic N) is 3. The van der Waals surface area contributed by atoms with E-state index in [1.807, 2.05) is 13.8 Å². The highest BCUT2D eigenvalue weighted by Gasteiger charge is 2.37. The van der Waals surface area contributed by atoms with Gasteiger partial charge in [0, 0.05) is 49.3 Å². The Hall–Kier alpha value is -2.64. The molecule has 28 heavy (non-hydrogen) atoms. The summed E-state index contributed by atoms with van der Waals surface area (Å²) >= 11 is 0. The Labute approximate surface area is 162 Å². The second-order valence-corrected chi connectivity index (χ2v) is 7.34. The zero-order valence-corrected chi connectivity index (χ0v) is 16.2. The number of carbonyl (C=O) groups is 1. The number of aromatic nitrogens is 3. The number of methoxy groups -OCH3 is 1. The molecule has 2 heterocycles. The first-order valence-corrected chi connectivity index (χ1v) is 9.34. The molecule has 0 aliphatic heterocycles. The Kier molecular flexibility index (Phi) is 5.86. The molecule has 0 bridgehead atoms. The maximum atomic E-state index is 13.5. The lowest BCUT2D eigenvalue weighted by molar-refractivity contribution is -0.0384. The third-order valence-electron chi connectivity index (χ3n) is 4.95.